The van der Waals surface area contributed by atoms with Crippen LogP contribution in [0.25, 0.3) is 22.2 Å². The number of aliphatic hydroxyl groups excluding tert-OH is 4. The lowest BCUT2D eigenvalue weighted by Gasteiger charge is -2.25. The number of aliphatic hydroxyl groups is 4. The standard InChI is InChI=1S/C20H24N9O11P.HO2P/c21-16-11-17(23-4-22-16)29(6-25-11)19-14(33)12(31)9(39-19)3-37-41(35,36)40-15-13(32)8(2-30)38-20(15)28-5-24-10-7(28)1-26-27-18(10)34;1-3-2/h1,4-6,8-9,12-15,19-20,30-33H,2-3H2,(H,27,34)(H,35,36)(H2,21,22,23);(H,1,2)/t8-,9-,12-,13-,14-,15-,19-,20-;/m1./s1. The number of hydrogen-bond acceptors (Lipinski definition) is 17. The van der Waals surface area contributed by atoms with E-state index in [4.69, 9.17) is 33.7 Å². The minimum absolute atomic E-state index is 0.0204. The lowest BCUT2D eigenvalue weighted by Crippen LogP contribution is -2.36. The highest BCUT2D eigenvalue weighted by Crippen LogP contribution is 2.50. The SMILES string of the molecule is Nc1ncnc2c1ncn2[C@@H]1O[C@H](COP(=O)(O)O[C@@H]2[C@H](O)[C@@H](CO)O[C@H]2n2cnc3c(=O)[nH]ncc32)[C@@H](O)[C@H]1O.O=PO. The summed E-state index contributed by atoms with van der Waals surface area (Å²) < 4.78 is 45.6. The third-order valence-corrected chi connectivity index (χ3v) is 7.81. The molecule has 0 saturated carbocycles. The first-order chi connectivity index (χ1) is 21.0. The van der Waals surface area contributed by atoms with Crippen molar-refractivity contribution in [2.75, 3.05) is 18.9 Å². The van der Waals surface area contributed by atoms with Gasteiger partial charge in [0.25, 0.3) is 5.56 Å². The molecule has 238 valence electrons. The first-order valence-electron chi connectivity index (χ1n) is 12.4. The number of phosphoric acid groups is 1. The summed E-state index contributed by atoms with van der Waals surface area (Å²) in [4.78, 5) is 45.5. The van der Waals surface area contributed by atoms with Crippen molar-refractivity contribution < 1.29 is 57.9 Å². The molecule has 0 aliphatic carbocycles. The minimum Gasteiger partial charge on any atom is -0.394 e. The van der Waals surface area contributed by atoms with E-state index in [1.54, 1.807) is 0 Å². The van der Waals surface area contributed by atoms with E-state index in [1.807, 2.05) is 0 Å². The number of imidazole rings is 2. The van der Waals surface area contributed by atoms with Gasteiger partial charge in [-0.05, 0) is 0 Å². The summed E-state index contributed by atoms with van der Waals surface area (Å²) in [5.41, 5.74) is 5.78. The van der Waals surface area contributed by atoms with Crippen LogP contribution in [0.2, 0.25) is 0 Å². The Morgan fingerprint density at radius 1 is 1.02 bits per heavy atom. The Bertz CT molecular complexity index is 1740. The van der Waals surface area contributed by atoms with Crippen LogP contribution in [-0.2, 0) is 27.7 Å². The number of nitrogens with one attached hydrogen (secondary N) is 1. The van der Waals surface area contributed by atoms with Gasteiger partial charge >= 0.3 is 16.5 Å². The highest BCUT2D eigenvalue weighted by atomic mass is 31.2. The molecular formula is C20H25N9O13P2. The van der Waals surface area contributed by atoms with Crippen LogP contribution in [0.15, 0.2) is 30.0 Å². The van der Waals surface area contributed by atoms with Gasteiger partial charge in [-0.2, -0.15) is 5.10 Å². The Morgan fingerprint density at radius 2 is 1.70 bits per heavy atom. The second-order valence-corrected chi connectivity index (χ2v) is 10.9. The molecule has 1 unspecified atom stereocenters. The van der Waals surface area contributed by atoms with Crippen molar-refractivity contribution >= 4 is 44.5 Å². The van der Waals surface area contributed by atoms with Gasteiger partial charge in [-0.1, -0.05) is 0 Å². The number of nitrogens with zero attached hydrogens (tertiary/aromatic N) is 7. The lowest BCUT2D eigenvalue weighted by atomic mass is 10.1. The number of nitrogen functional groups attached to an aromatic ring is 1. The van der Waals surface area contributed by atoms with E-state index >= 15 is 0 Å². The zero-order valence-electron chi connectivity index (χ0n) is 22.0. The number of anilines is 1. The maximum atomic E-state index is 13.0. The van der Waals surface area contributed by atoms with Gasteiger partial charge in [0.1, 0.15) is 48.5 Å². The number of H-pyrrole nitrogens is 1. The Morgan fingerprint density at radius 3 is 2.43 bits per heavy atom. The quantitative estimate of drug-likeness (QED) is 0.0878. The second kappa shape index (κ2) is 12.9. The Kier molecular flexibility index (Phi) is 9.41. The van der Waals surface area contributed by atoms with E-state index in [0.717, 1.165) is 0 Å². The maximum Gasteiger partial charge on any atom is 0.472 e. The number of aromatic amines is 1. The highest BCUT2D eigenvalue weighted by molar-refractivity contribution is 7.47. The Balaban J connectivity index is 0.00000123. The third-order valence-electron chi connectivity index (χ3n) is 6.82. The van der Waals surface area contributed by atoms with Gasteiger partial charge in [-0.3, -0.25) is 23.0 Å². The molecule has 0 radical (unpaired) electrons. The molecular weight excluding hydrogens is 636 g/mol. The van der Waals surface area contributed by atoms with E-state index in [9.17, 15) is 34.7 Å². The summed E-state index contributed by atoms with van der Waals surface area (Å²) in [5.74, 6) is 0.0895. The van der Waals surface area contributed by atoms with Crippen LogP contribution in [0.1, 0.15) is 12.5 Å². The van der Waals surface area contributed by atoms with Crippen molar-refractivity contribution in [3.63, 3.8) is 0 Å². The van der Waals surface area contributed by atoms with Crippen molar-refractivity contribution in [3.8, 4) is 0 Å². The van der Waals surface area contributed by atoms with Crippen molar-refractivity contribution in [1.82, 2.24) is 39.3 Å². The van der Waals surface area contributed by atoms with Gasteiger partial charge in [0.2, 0.25) is 0 Å². The predicted molar refractivity (Wildman–Crippen MR) is 141 cm³/mol. The lowest BCUT2D eigenvalue weighted by molar-refractivity contribution is -0.0615. The molecule has 44 heavy (non-hydrogen) atoms. The topological polar surface area (TPSA) is 326 Å². The third kappa shape index (κ3) is 5.98. The van der Waals surface area contributed by atoms with Crippen molar-refractivity contribution in [2.45, 2.75) is 49.1 Å². The van der Waals surface area contributed by atoms with Crippen LogP contribution in [0.5, 0.6) is 0 Å². The van der Waals surface area contributed by atoms with E-state index in [0.29, 0.717) is 0 Å². The number of rotatable bonds is 8. The molecule has 9 atom stereocenters. The number of fused-ring (bicyclic) bond motifs is 2. The zero-order valence-corrected chi connectivity index (χ0v) is 23.8. The summed E-state index contributed by atoms with van der Waals surface area (Å²) in [6, 6.07) is 0. The molecule has 0 aromatic carbocycles. The minimum atomic E-state index is -5.02. The van der Waals surface area contributed by atoms with Crippen molar-refractivity contribution in [2.24, 2.45) is 0 Å². The molecule has 0 spiro atoms. The van der Waals surface area contributed by atoms with Gasteiger partial charge < -0.3 is 45.4 Å². The van der Waals surface area contributed by atoms with E-state index < -0.39 is 84.4 Å². The predicted octanol–water partition coefficient (Wildman–Crippen LogP) is -2.90. The van der Waals surface area contributed by atoms with Gasteiger partial charge in [0.15, 0.2) is 29.4 Å². The molecule has 22 nitrogen and oxygen atoms in total. The van der Waals surface area contributed by atoms with Gasteiger partial charge in [0, 0.05) is 0 Å². The monoisotopic (exact) mass is 661 g/mol. The molecule has 0 bridgehead atoms. The molecule has 2 aliphatic rings. The van der Waals surface area contributed by atoms with Crippen LogP contribution >= 0.6 is 16.5 Å². The van der Waals surface area contributed by atoms with Crippen LogP contribution in [-0.4, -0.2) is 119 Å². The molecule has 2 fully saturated rings. The van der Waals surface area contributed by atoms with Crippen LogP contribution in [0.3, 0.4) is 0 Å². The molecule has 9 N–H and O–H groups in total. The van der Waals surface area contributed by atoms with Crippen LogP contribution in [0.4, 0.5) is 5.82 Å². The molecule has 2 aliphatic heterocycles. The largest absolute Gasteiger partial charge is 0.472 e. The van der Waals surface area contributed by atoms with Gasteiger partial charge in [-0.15, -0.1) is 0 Å². The Hall–Kier alpha value is -3.37. The summed E-state index contributed by atoms with van der Waals surface area (Å²) in [5, 5.41) is 47.3. The average Bonchev–Trinajstić information content (AvgIpc) is 3.75. The fraction of sp³-hybridized carbons (Fsp3) is 0.500. The van der Waals surface area contributed by atoms with E-state index in [2.05, 4.69) is 30.1 Å². The maximum absolute atomic E-state index is 13.0. The first-order valence-corrected chi connectivity index (χ1v) is 14.7. The zero-order chi connectivity index (χ0) is 31.8. The van der Waals surface area contributed by atoms with Gasteiger partial charge in [0.05, 0.1) is 37.6 Å². The van der Waals surface area contributed by atoms with Crippen molar-refractivity contribution in [3.05, 3.63) is 35.5 Å². The molecule has 0 amide bonds. The fourth-order valence-electron chi connectivity index (χ4n) is 4.79. The summed E-state index contributed by atoms with van der Waals surface area (Å²) >= 11 is 0. The smallest absolute Gasteiger partial charge is 0.394 e. The summed E-state index contributed by atoms with van der Waals surface area (Å²) in [6.45, 7) is -1.39. The van der Waals surface area contributed by atoms with Crippen LogP contribution < -0.4 is 11.3 Å². The van der Waals surface area contributed by atoms with E-state index in [-0.39, 0.29) is 28.0 Å². The summed E-state index contributed by atoms with van der Waals surface area (Å²) in [6.07, 6.45) is -6.44. The Labute approximate surface area is 245 Å². The number of ether oxygens (including phenoxy) is 2. The van der Waals surface area contributed by atoms with Crippen molar-refractivity contribution in [1.29, 1.82) is 0 Å². The number of phosphoric ester groups is 1. The highest BCUT2D eigenvalue weighted by Gasteiger charge is 2.50. The van der Waals surface area contributed by atoms with E-state index in [1.165, 1.54) is 34.3 Å². The van der Waals surface area contributed by atoms with Gasteiger partial charge in [-0.25, -0.2) is 34.2 Å². The normalized spacial score (nSPS) is 30.0. The number of nitrogens with two attached hydrogens (primary N) is 1. The number of hydrogen-bond donors (Lipinski definition) is 8. The summed E-state index contributed by atoms with van der Waals surface area (Å²) in [7, 11) is -5.85. The average molecular weight is 661 g/mol. The fourth-order valence-corrected chi connectivity index (χ4v) is 5.73. The molecule has 4 aromatic heterocycles. The molecule has 6 heterocycles. The molecule has 24 heteroatoms. The first kappa shape index (κ1) is 32.0. The van der Waals surface area contributed by atoms with Crippen LogP contribution in [0, 0.1) is 0 Å². The molecule has 2 saturated heterocycles. The molecule has 6 rings (SSSR count). The molecule has 4 aromatic rings. The number of aromatic nitrogens is 8. The second-order valence-electron chi connectivity index (χ2n) is 9.37.